The number of unbranched alkanes of at least 4 members (excludes halogenated alkanes) is 2. The van der Waals surface area contributed by atoms with Crippen LogP contribution < -0.4 is 14.2 Å². The molecule has 0 saturated carbocycles. The minimum absolute atomic E-state index is 0.0180. The zero-order valence-electron chi connectivity index (χ0n) is 77.8. The number of hydrogen-bond donors (Lipinski definition) is 3. The van der Waals surface area contributed by atoms with Crippen LogP contribution in [0.4, 0.5) is 22.8 Å². The summed E-state index contributed by atoms with van der Waals surface area (Å²) in [7, 11) is 10.1. The molecule has 700 valence electrons. The highest BCUT2D eigenvalue weighted by atomic mass is 127. The fourth-order valence-electron chi connectivity index (χ4n) is 14.3. The third-order valence-corrected chi connectivity index (χ3v) is 23.7. The predicted molar refractivity (Wildman–Crippen MR) is 545 cm³/mol. The van der Waals surface area contributed by atoms with E-state index in [1.165, 1.54) is 68.1 Å². The summed E-state index contributed by atoms with van der Waals surface area (Å²) >= 11 is 17.8. The van der Waals surface area contributed by atoms with E-state index in [9.17, 15) is 42.4 Å². The first kappa shape index (κ1) is 104. The van der Waals surface area contributed by atoms with E-state index in [0.717, 1.165) is 137 Å². The monoisotopic (exact) mass is 2080 g/mol. The molecule has 0 aliphatic carbocycles. The molecule has 0 unspecified atom stereocenters. The number of H-pyrrole nitrogens is 3. The van der Waals surface area contributed by atoms with Crippen molar-refractivity contribution in [1.29, 1.82) is 5.26 Å². The summed E-state index contributed by atoms with van der Waals surface area (Å²) in [5.41, 5.74) is 14.8. The van der Waals surface area contributed by atoms with Crippen LogP contribution in [0, 0.1) is 35.9 Å². The van der Waals surface area contributed by atoms with Gasteiger partial charge in [-0.15, -0.1) is 0 Å². The van der Waals surface area contributed by atoms with Crippen LogP contribution in [0.15, 0.2) is 225 Å². The van der Waals surface area contributed by atoms with Gasteiger partial charge in [0.1, 0.15) is 41.9 Å². The normalized spacial score (nSPS) is 12.2. The van der Waals surface area contributed by atoms with E-state index in [1.54, 1.807) is 156 Å². The van der Waals surface area contributed by atoms with Gasteiger partial charge in [0.25, 0.3) is 0 Å². The summed E-state index contributed by atoms with van der Waals surface area (Å²) in [5, 5.41) is 13.7. The van der Waals surface area contributed by atoms with E-state index in [1.807, 2.05) is 112 Å². The number of hydrogen-bond acceptors (Lipinski definition) is 14. The Labute approximate surface area is 818 Å². The van der Waals surface area contributed by atoms with Gasteiger partial charge in [-0.1, -0.05) is 135 Å². The fraction of sp³-hybridized carbons (Fsp3) is 0.286. The largest absolute Gasteiger partial charge is 0.478 e. The van der Waals surface area contributed by atoms with Gasteiger partial charge in [-0.05, 0) is 244 Å². The van der Waals surface area contributed by atoms with Crippen molar-refractivity contribution in [3.8, 4) is 23.7 Å². The highest BCUT2D eigenvalue weighted by Gasteiger charge is 2.28. The number of fused-ring (bicyclic) bond motifs is 3. The topological polar surface area (TPSA) is 258 Å². The molecular formula is C105H111Cl2F3I2N12O10. The fourth-order valence-corrected chi connectivity index (χ4v) is 16.6. The number of allylic oxidation sites excluding steroid dienone is 4. The van der Waals surface area contributed by atoms with Crippen LogP contribution in [0.2, 0.25) is 10.0 Å². The molecule has 12 rings (SSSR count). The van der Waals surface area contributed by atoms with Crippen LogP contribution in [0.3, 0.4) is 0 Å². The van der Waals surface area contributed by atoms with Crippen molar-refractivity contribution in [3.63, 3.8) is 0 Å². The summed E-state index contributed by atoms with van der Waals surface area (Å²) in [6.45, 7) is 18.5. The van der Waals surface area contributed by atoms with Gasteiger partial charge in [-0.2, -0.15) is 5.26 Å². The summed E-state index contributed by atoms with van der Waals surface area (Å²) < 4.78 is 73.0. The van der Waals surface area contributed by atoms with Gasteiger partial charge in [-0.3, -0.25) is 14.4 Å². The highest BCUT2D eigenvalue weighted by Crippen LogP contribution is 2.44. The molecule has 134 heavy (non-hydrogen) atoms. The quantitative estimate of drug-likeness (QED) is 0.0196. The maximum Gasteiger partial charge on any atom is 0.410 e. The van der Waals surface area contributed by atoms with E-state index < -0.39 is 40.8 Å². The van der Waals surface area contributed by atoms with E-state index in [2.05, 4.69) is 99.4 Å². The van der Waals surface area contributed by atoms with Crippen molar-refractivity contribution >= 4 is 164 Å². The smallest absolute Gasteiger partial charge is 0.410 e. The lowest BCUT2D eigenvalue weighted by molar-refractivity contribution is -0.124. The molecule has 6 heterocycles. The van der Waals surface area contributed by atoms with Crippen molar-refractivity contribution in [3.05, 3.63) is 316 Å². The number of pyridine rings is 3. The second-order valence-electron chi connectivity index (χ2n) is 33.6. The maximum absolute atomic E-state index is 14.0. The minimum Gasteiger partial charge on any atom is -0.478 e. The van der Waals surface area contributed by atoms with Crippen LogP contribution in [-0.2, 0) is 23.9 Å². The van der Waals surface area contributed by atoms with Crippen molar-refractivity contribution in [2.24, 2.45) is 0 Å². The zero-order valence-corrected chi connectivity index (χ0v) is 83.6. The first-order valence-corrected chi connectivity index (χ1v) is 46.7. The van der Waals surface area contributed by atoms with E-state index >= 15 is 0 Å². The summed E-state index contributed by atoms with van der Waals surface area (Å²) in [6, 6.07) is 52.9. The number of carbonyl (C=O) groups is 5. The van der Waals surface area contributed by atoms with Crippen LogP contribution in [-0.4, -0.2) is 184 Å². The Kier molecular flexibility index (Phi) is 37.8. The number of benzene rings is 6. The standard InChI is InChI=1S/C36H39ClFIN4O4.C36H40ClFN4O4.C33H32FIN4O2/c1-7-25(26-16-15-24(38)21-28(26)37)32(34-33(39)27-11-8-9-12-29(27)41-34)23-14-17-30(40-22-23)46-20-19-43(35(45)47-36(2,3)4)18-10-13-31(44)42(5)6;1-7-27(28-16-15-26(38)22-29(28)37)34(31-21-24-11-8-9-12-30(24)40-31)25-14-17-32(39-23-25)45-20-19-42(35(44)46-36(2,3)4)18-10-13-33(43)41(5)6;1-4-25(26-16-15-24(34)19-23(26)20-36)31(33-32(35)27-11-8-9-12-28(27)38-33)22-14-17-29(37-21-22)41-18-10-6-5-7-13-30(40)39(2)3/h8-17,21-22,41H,7,18-20H2,1-6H3;8-17,21-23,40H,7,18-20H2,1-6H3;7-9,11-17,19,21,38H,4-6,10,18H2,1-3H3/b13-10+,32-25+;13-10+,34-27+;13-7+,31-25+. The van der Waals surface area contributed by atoms with Crippen LogP contribution >= 0.6 is 68.4 Å². The van der Waals surface area contributed by atoms with Gasteiger partial charge in [0.05, 0.1) is 52.8 Å². The summed E-state index contributed by atoms with van der Waals surface area (Å²) in [4.78, 5) is 93.0. The van der Waals surface area contributed by atoms with E-state index in [-0.39, 0.29) is 57.1 Å². The third-order valence-electron chi connectivity index (χ3n) is 20.9. The number of rotatable bonds is 33. The average Bonchev–Trinajstić information content (AvgIpc) is 1.60. The number of nitrogens with zero attached hydrogens (tertiary/aromatic N) is 9. The van der Waals surface area contributed by atoms with Gasteiger partial charge in [0, 0.05) is 183 Å². The number of carbonyl (C=O) groups excluding carboxylic acids is 5. The number of nitrogens with one attached hydrogen (secondary N) is 3. The van der Waals surface area contributed by atoms with E-state index in [0.29, 0.717) is 64.7 Å². The number of para-hydroxylation sites is 3. The molecule has 0 fully saturated rings. The molecule has 0 spiro atoms. The van der Waals surface area contributed by atoms with Crippen LogP contribution in [0.5, 0.6) is 17.6 Å². The first-order valence-electron chi connectivity index (χ1n) is 43.8. The molecule has 0 radical (unpaired) electrons. The third kappa shape index (κ3) is 28.8. The molecule has 6 aromatic carbocycles. The predicted octanol–water partition coefficient (Wildman–Crippen LogP) is 24.3. The van der Waals surface area contributed by atoms with Crippen LogP contribution in [0.25, 0.3) is 66.1 Å². The van der Waals surface area contributed by atoms with Gasteiger partial charge >= 0.3 is 12.2 Å². The SMILES string of the molecule is CC/C(=C(/c1ccc(OCCCC/C=C/C(=O)N(C)C)nc1)c1[nH]c2ccccc2c1I)c1ccc(F)cc1C#N.CC/C(=C(/c1ccc(OCCN(C/C=C/C(=O)N(C)C)C(=O)OC(C)(C)C)nc1)c1[nH]c2ccccc2c1I)c1ccc(F)cc1Cl.CC/C(=C(/c1ccc(OCCN(C/C=C/C(=O)N(C)C)C(=O)OC(C)(C)C)nc1)c1cc2ccccc2[nH]1)c1ccc(F)cc1Cl. The Morgan fingerprint density at radius 1 is 0.455 bits per heavy atom. The molecule has 22 nitrogen and oxygen atoms in total. The second kappa shape index (κ2) is 48.9. The zero-order chi connectivity index (χ0) is 97.1. The molecule has 3 N–H and O–H groups in total. The molecule has 0 bridgehead atoms. The first-order chi connectivity index (χ1) is 64.0. The van der Waals surface area contributed by atoms with Gasteiger partial charge in [0.15, 0.2) is 0 Å². The Morgan fingerprint density at radius 3 is 1.22 bits per heavy atom. The molecule has 6 aromatic heterocycles. The van der Waals surface area contributed by atoms with Crippen molar-refractivity contribution < 1.29 is 60.8 Å². The Hall–Kier alpha value is -12.5. The van der Waals surface area contributed by atoms with E-state index in [4.69, 9.17) is 46.9 Å². The molecular weight excluding hydrogens is 1970 g/mol. The molecule has 0 aliphatic rings. The second-order valence-corrected chi connectivity index (χ2v) is 36.6. The lowest BCUT2D eigenvalue weighted by atomic mass is 9.89. The van der Waals surface area contributed by atoms with Gasteiger partial charge < -0.3 is 63.1 Å². The molecule has 5 amide bonds. The molecule has 0 aliphatic heterocycles. The van der Waals surface area contributed by atoms with Gasteiger partial charge in [-0.25, -0.2) is 37.7 Å². The molecule has 29 heteroatoms. The maximum atomic E-state index is 14.0. The van der Waals surface area contributed by atoms with Crippen molar-refractivity contribution in [1.82, 2.24) is 54.4 Å². The van der Waals surface area contributed by atoms with Gasteiger partial charge in [0.2, 0.25) is 35.4 Å². The summed E-state index contributed by atoms with van der Waals surface area (Å²) in [6.07, 6.45) is 18.2. The Morgan fingerprint density at radius 2 is 0.836 bits per heavy atom. The van der Waals surface area contributed by atoms with Crippen molar-refractivity contribution in [2.75, 3.05) is 88.3 Å². The highest BCUT2D eigenvalue weighted by molar-refractivity contribution is 14.1. The Bertz CT molecular complexity index is 6350. The van der Waals surface area contributed by atoms with Crippen molar-refractivity contribution in [2.45, 2.75) is 112 Å². The molecule has 0 saturated heterocycles. The average molecular weight is 2080 g/mol. The number of amides is 5. The number of halogens is 7. The number of ether oxygens (including phenoxy) is 5. The number of likely N-dealkylation sites (N-methyl/N-ethyl adjacent to an activating group) is 3. The number of nitriles is 1. The Balaban J connectivity index is 0.000000209. The number of aromatic amines is 3. The number of aromatic nitrogens is 6. The molecule has 12 aromatic rings. The minimum atomic E-state index is -0.680. The van der Waals surface area contributed by atoms with Crippen LogP contribution in [0.1, 0.15) is 157 Å². The molecule has 0 atom stereocenters. The lowest BCUT2D eigenvalue weighted by Crippen LogP contribution is -2.39. The summed E-state index contributed by atoms with van der Waals surface area (Å²) in [5.74, 6) is -0.351. The lowest BCUT2D eigenvalue weighted by Gasteiger charge is -2.26.